The van der Waals surface area contributed by atoms with E-state index >= 15 is 0 Å². The number of benzene rings is 1. The van der Waals surface area contributed by atoms with Gasteiger partial charge in [-0.05, 0) is 42.7 Å². The van der Waals surface area contributed by atoms with Crippen LogP contribution >= 0.6 is 0 Å². The highest BCUT2D eigenvalue weighted by Gasteiger charge is 2.41. The normalized spacial score (nSPS) is 16.7. The summed E-state index contributed by atoms with van der Waals surface area (Å²) in [5.74, 6) is 1.06. The molecule has 4 rings (SSSR count). The van der Waals surface area contributed by atoms with E-state index in [0.717, 1.165) is 18.7 Å². The number of hydrogen-bond acceptors (Lipinski definition) is 7. The van der Waals surface area contributed by atoms with Crippen LogP contribution in [-0.2, 0) is 16.9 Å². The fraction of sp³-hybridized carbons (Fsp3) is 0.381. The Hall–Kier alpha value is -2.91. The Labute approximate surface area is 172 Å². The molecule has 1 saturated heterocycles. The Balaban J connectivity index is 1.39. The van der Waals surface area contributed by atoms with Gasteiger partial charge in [-0.3, -0.25) is 9.88 Å². The van der Waals surface area contributed by atoms with Crippen molar-refractivity contribution in [2.45, 2.75) is 31.6 Å². The predicted molar refractivity (Wildman–Crippen MR) is 104 cm³/mol. The van der Waals surface area contributed by atoms with Gasteiger partial charge < -0.3 is 14.0 Å². The van der Waals surface area contributed by atoms with Crippen LogP contribution < -0.4 is 4.74 Å². The van der Waals surface area contributed by atoms with E-state index in [1.165, 1.54) is 0 Å². The molecular weight excluding hydrogens is 394 g/mol. The molecule has 3 heterocycles. The van der Waals surface area contributed by atoms with E-state index in [0.29, 0.717) is 36.8 Å². The molecule has 9 heteroatoms. The third-order valence-electron chi connectivity index (χ3n) is 5.32. The van der Waals surface area contributed by atoms with Gasteiger partial charge in [-0.2, -0.15) is 13.8 Å². The number of aromatic nitrogens is 3. The Kier molecular flexibility index (Phi) is 6.01. The van der Waals surface area contributed by atoms with Crippen molar-refractivity contribution >= 4 is 0 Å². The highest BCUT2D eigenvalue weighted by molar-refractivity contribution is 5.47. The Morgan fingerprint density at radius 2 is 1.90 bits per heavy atom. The first-order valence-corrected chi connectivity index (χ1v) is 9.65. The molecule has 2 aromatic heterocycles. The molecule has 0 bridgehead atoms. The molecule has 3 aromatic rings. The van der Waals surface area contributed by atoms with E-state index in [-0.39, 0.29) is 5.75 Å². The second kappa shape index (κ2) is 8.85. The first-order valence-electron chi connectivity index (χ1n) is 9.65. The Morgan fingerprint density at radius 1 is 1.13 bits per heavy atom. The number of rotatable bonds is 7. The summed E-state index contributed by atoms with van der Waals surface area (Å²) in [5, 5.41) is 4.06. The summed E-state index contributed by atoms with van der Waals surface area (Å²) in [6, 6.07) is 12.2. The van der Waals surface area contributed by atoms with E-state index in [1.807, 2.05) is 18.2 Å². The zero-order valence-electron chi connectivity index (χ0n) is 16.5. The van der Waals surface area contributed by atoms with Gasteiger partial charge in [-0.25, -0.2) is 0 Å². The van der Waals surface area contributed by atoms with Crippen LogP contribution in [0.25, 0.3) is 11.5 Å². The van der Waals surface area contributed by atoms with Gasteiger partial charge in [0.15, 0.2) is 0 Å². The number of alkyl halides is 2. The first-order chi connectivity index (χ1) is 14.6. The number of halogens is 2. The summed E-state index contributed by atoms with van der Waals surface area (Å²) in [6.07, 6.45) is 3.07. The van der Waals surface area contributed by atoms with E-state index in [9.17, 15) is 8.78 Å². The van der Waals surface area contributed by atoms with E-state index in [1.54, 1.807) is 37.6 Å². The smallest absolute Gasteiger partial charge is 0.387 e. The van der Waals surface area contributed by atoms with Crippen molar-refractivity contribution in [1.29, 1.82) is 0 Å². The molecule has 1 fully saturated rings. The average molecular weight is 416 g/mol. The second-order valence-corrected chi connectivity index (χ2v) is 7.14. The van der Waals surface area contributed by atoms with Crippen LogP contribution in [0.1, 0.15) is 24.3 Å². The molecule has 1 aromatic carbocycles. The third kappa shape index (κ3) is 4.47. The van der Waals surface area contributed by atoms with Gasteiger partial charge in [0.05, 0.1) is 0 Å². The monoisotopic (exact) mass is 416 g/mol. The molecule has 0 radical (unpaired) electrons. The van der Waals surface area contributed by atoms with E-state index < -0.39 is 12.2 Å². The van der Waals surface area contributed by atoms with Crippen LogP contribution in [0.15, 0.2) is 53.2 Å². The molecule has 1 aliphatic heterocycles. The molecule has 0 saturated carbocycles. The molecular formula is C21H22F2N4O3. The highest BCUT2D eigenvalue weighted by atomic mass is 19.3. The zero-order chi connectivity index (χ0) is 21.0. The van der Waals surface area contributed by atoms with Gasteiger partial charge in [0.2, 0.25) is 5.82 Å². The van der Waals surface area contributed by atoms with Crippen molar-refractivity contribution in [3.8, 4) is 17.3 Å². The topological polar surface area (TPSA) is 73.5 Å². The summed E-state index contributed by atoms with van der Waals surface area (Å²) in [5.41, 5.74) is 1.04. The van der Waals surface area contributed by atoms with Gasteiger partial charge in [0, 0.05) is 32.9 Å². The number of hydrogen-bond donors (Lipinski definition) is 0. The minimum Gasteiger partial charge on any atom is -0.435 e. The largest absolute Gasteiger partial charge is 0.435 e. The first kappa shape index (κ1) is 20.4. The lowest BCUT2D eigenvalue weighted by molar-refractivity contribution is -0.0838. The van der Waals surface area contributed by atoms with Gasteiger partial charge in [0.25, 0.3) is 5.89 Å². The minimum atomic E-state index is -2.82. The summed E-state index contributed by atoms with van der Waals surface area (Å²) in [7, 11) is 1.65. The highest BCUT2D eigenvalue weighted by Crippen LogP contribution is 2.36. The fourth-order valence-electron chi connectivity index (χ4n) is 3.62. The van der Waals surface area contributed by atoms with E-state index in [2.05, 4.69) is 24.8 Å². The maximum Gasteiger partial charge on any atom is 0.387 e. The maximum absolute atomic E-state index is 12.3. The number of pyridine rings is 1. The molecule has 30 heavy (non-hydrogen) atoms. The standard InChI is InChI=1S/C21H22F2N4O3/c1-28-21(19-25-18(26-30-19)17-4-2-3-11-24-17)9-12-27(13-10-21)14-15-5-7-16(8-6-15)29-20(22)23/h2-8,11,20H,9-10,12-14H2,1H3. The minimum absolute atomic E-state index is 0.158. The molecule has 0 spiro atoms. The van der Waals surface area contributed by atoms with Crippen molar-refractivity contribution in [2.75, 3.05) is 20.2 Å². The van der Waals surface area contributed by atoms with Crippen LogP contribution in [0.2, 0.25) is 0 Å². The van der Waals surface area contributed by atoms with Crippen molar-refractivity contribution < 1.29 is 22.8 Å². The number of likely N-dealkylation sites (tertiary alicyclic amines) is 1. The molecule has 0 N–H and O–H groups in total. The lowest BCUT2D eigenvalue weighted by Gasteiger charge is -2.38. The van der Waals surface area contributed by atoms with Crippen LogP contribution in [0.3, 0.4) is 0 Å². The summed E-state index contributed by atoms with van der Waals surface area (Å²) < 4.78 is 40.3. The van der Waals surface area contributed by atoms with Crippen LogP contribution in [-0.4, -0.2) is 46.8 Å². The SMILES string of the molecule is COC1(c2nc(-c3ccccn3)no2)CCN(Cc2ccc(OC(F)F)cc2)CC1. The molecule has 0 amide bonds. The molecule has 158 valence electrons. The summed E-state index contributed by atoms with van der Waals surface area (Å²) in [4.78, 5) is 11.1. The van der Waals surface area contributed by atoms with Crippen molar-refractivity contribution in [2.24, 2.45) is 0 Å². The molecule has 7 nitrogen and oxygen atoms in total. The van der Waals surface area contributed by atoms with Gasteiger partial charge in [-0.1, -0.05) is 23.4 Å². The lowest BCUT2D eigenvalue weighted by Crippen LogP contribution is -2.43. The second-order valence-electron chi connectivity index (χ2n) is 7.14. The van der Waals surface area contributed by atoms with Gasteiger partial charge in [-0.15, -0.1) is 0 Å². The fourth-order valence-corrected chi connectivity index (χ4v) is 3.62. The van der Waals surface area contributed by atoms with Gasteiger partial charge in [0.1, 0.15) is 17.0 Å². The maximum atomic E-state index is 12.3. The Bertz CT molecular complexity index is 942. The van der Waals surface area contributed by atoms with Crippen LogP contribution in [0, 0.1) is 0 Å². The molecule has 0 aliphatic carbocycles. The molecule has 1 aliphatic rings. The number of piperidine rings is 1. The van der Waals surface area contributed by atoms with E-state index in [4.69, 9.17) is 9.26 Å². The quantitative estimate of drug-likeness (QED) is 0.579. The number of ether oxygens (including phenoxy) is 2. The number of nitrogens with zero attached hydrogens (tertiary/aromatic N) is 4. The van der Waals surface area contributed by atoms with Crippen molar-refractivity contribution in [3.05, 3.63) is 60.1 Å². The molecule has 0 unspecified atom stereocenters. The summed E-state index contributed by atoms with van der Waals surface area (Å²) in [6.45, 7) is -0.574. The average Bonchev–Trinajstić information content (AvgIpc) is 3.27. The van der Waals surface area contributed by atoms with Crippen LogP contribution in [0.5, 0.6) is 5.75 Å². The van der Waals surface area contributed by atoms with Crippen molar-refractivity contribution in [1.82, 2.24) is 20.0 Å². The predicted octanol–water partition coefficient (Wildman–Crippen LogP) is 3.87. The third-order valence-corrected chi connectivity index (χ3v) is 5.32. The number of methoxy groups -OCH3 is 1. The zero-order valence-corrected chi connectivity index (χ0v) is 16.5. The van der Waals surface area contributed by atoms with Gasteiger partial charge >= 0.3 is 6.61 Å². The lowest BCUT2D eigenvalue weighted by atomic mass is 9.90. The Morgan fingerprint density at radius 3 is 2.53 bits per heavy atom. The van der Waals surface area contributed by atoms with Crippen molar-refractivity contribution in [3.63, 3.8) is 0 Å². The summed E-state index contributed by atoms with van der Waals surface area (Å²) >= 11 is 0. The molecule has 0 atom stereocenters. The van der Waals surface area contributed by atoms with Crippen LogP contribution in [0.4, 0.5) is 8.78 Å².